The van der Waals surface area contributed by atoms with E-state index in [9.17, 15) is 0 Å². The zero-order valence-electron chi connectivity index (χ0n) is 12.6. The molecule has 0 aliphatic heterocycles. The van der Waals surface area contributed by atoms with Gasteiger partial charge < -0.3 is 4.74 Å². The molecule has 21 heavy (non-hydrogen) atoms. The molecule has 1 aromatic heterocycles. The van der Waals surface area contributed by atoms with Crippen LogP contribution in [0.15, 0.2) is 30.5 Å². The molecule has 0 saturated heterocycles. The van der Waals surface area contributed by atoms with Gasteiger partial charge in [-0.3, -0.25) is 11.3 Å². The number of hydrogen-bond donors (Lipinski definition) is 2. The second-order valence-electron chi connectivity index (χ2n) is 4.99. The van der Waals surface area contributed by atoms with Crippen LogP contribution >= 0.6 is 0 Å². The molecule has 0 aliphatic carbocycles. The highest BCUT2D eigenvalue weighted by molar-refractivity contribution is 5.27. The van der Waals surface area contributed by atoms with E-state index in [-0.39, 0.29) is 6.04 Å². The summed E-state index contributed by atoms with van der Waals surface area (Å²) in [5, 5.41) is 8.10. The molecule has 1 unspecified atom stereocenters. The van der Waals surface area contributed by atoms with E-state index in [0.717, 1.165) is 37.3 Å². The SMILES string of the molecule is CCCn1nncc1C(CCc1ccc(OC)cc1)NN. The zero-order chi connectivity index (χ0) is 15.1. The second kappa shape index (κ2) is 7.75. The van der Waals surface area contributed by atoms with Gasteiger partial charge in [0.25, 0.3) is 0 Å². The number of rotatable bonds is 8. The molecule has 0 fully saturated rings. The Hall–Kier alpha value is -1.92. The number of benzene rings is 1. The number of nitrogens with two attached hydrogens (primary N) is 1. The Kier molecular flexibility index (Phi) is 5.71. The summed E-state index contributed by atoms with van der Waals surface area (Å²) in [6.45, 7) is 2.98. The fraction of sp³-hybridized carbons (Fsp3) is 0.467. The van der Waals surface area contributed by atoms with E-state index in [1.54, 1.807) is 13.3 Å². The van der Waals surface area contributed by atoms with Crippen molar-refractivity contribution in [3.05, 3.63) is 41.7 Å². The van der Waals surface area contributed by atoms with E-state index >= 15 is 0 Å². The first kappa shape index (κ1) is 15.5. The van der Waals surface area contributed by atoms with Crippen molar-refractivity contribution in [1.82, 2.24) is 20.4 Å². The Morgan fingerprint density at radius 3 is 2.71 bits per heavy atom. The molecular weight excluding hydrogens is 266 g/mol. The van der Waals surface area contributed by atoms with Crippen molar-refractivity contribution < 1.29 is 4.74 Å². The molecule has 1 atom stereocenters. The van der Waals surface area contributed by atoms with E-state index in [4.69, 9.17) is 10.6 Å². The minimum absolute atomic E-state index is 0.0497. The summed E-state index contributed by atoms with van der Waals surface area (Å²) in [4.78, 5) is 0. The molecule has 6 heteroatoms. The summed E-state index contributed by atoms with van der Waals surface area (Å²) in [7, 11) is 1.67. The van der Waals surface area contributed by atoms with Gasteiger partial charge in [0.1, 0.15) is 5.75 Å². The topological polar surface area (TPSA) is 78.0 Å². The fourth-order valence-corrected chi connectivity index (χ4v) is 2.34. The normalized spacial score (nSPS) is 12.3. The summed E-state index contributed by atoms with van der Waals surface area (Å²) in [5.41, 5.74) is 5.16. The number of methoxy groups -OCH3 is 1. The minimum atomic E-state index is 0.0497. The number of aromatic nitrogens is 3. The third-order valence-electron chi connectivity index (χ3n) is 3.52. The molecule has 0 radical (unpaired) electrons. The third-order valence-corrected chi connectivity index (χ3v) is 3.52. The van der Waals surface area contributed by atoms with Crippen LogP contribution in [0.5, 0.6) is 5.75 Å². The highest BCUT2D eigenvalue weighted by Crippen LogP contribution is 2.19. The van der Waals surface area contributed by atoms with Gasteiger partial charge in [0.05, 0.1) is 25.0 Å². The van der Waals surface area contributed by atoms with Crippen molar-refractivity contribution in [2.45, 2.75) is 38.8 Å². The van der Waals surface area contributed by atoms with Gasteiger partial charge in [0.2, 0.25) is 0 Å². The van der Waals surface area contributed by atoms with Crippen LogP contribution in [0.2, 0.25) is 0 Å². The standard InChI is InChI=1S/C15H23N5O/c1-3-10-20-15(11-17-19-20)14(18-16)9-6-12-4-7-13(21-2)8-5-12/h4-5,7-8,11,14,18H,3,6,9-10,16H2,1-2H3. The van der Waals surface area contributed by atoms with Crippen LogP contribution in [0.25, 0.3) is 0 Å². The number of nitrogens with one attached hydrogen (secondary N) is 1. The number of nitrogens with zero attached hydrogens (tertiary/aromatic N) is 3. The molecule has 0 spiro atoms. The highest BCUT2D eigenvalue weighted by atomic mass is 16.5. The van der Waals surface area contributed by atoms with Gasteiger partial charge >= 0.3 is 0 Å². The van der Waals surface area contributed by atoms with Crippen LogP contribution in [0.4, 0.5) is 0 Å². The monoisotopic (exact) mass is 289 g/mol. The van der Waals surface area contributed by atoms with Crippen LogP contribution in [0, 0.1) is 0 Å². The van der Waals surface area contributed by atoms with Gasteiger partial charge in [-0.1, -0.05) is 24.3 Å². The summed E-state index contributed by atoms with van der Waals surface area (Å²) >= 11 is 0. The molecule has 2 aromatic rings. The van der Waals surface area contributed by atoms with Gasteiger partial charge in [-0.25, -0.2) is 4.68 Å². The van der Waals surface area contributed by atoms with E-state index in [2.05, 4.69) is 34.8 Å². The minimum Gasteiger partial charge on any atom is -0.497 e. The number of hydrogen-bond acceptors (Lipinski definition) is 5. The van der Waals surface area contributed by atoms with Crippen molar-refractivity contribution >= 4 is 0 Å². The maximum Gasteiger partial charge on any atom is 0.118 e. The summed E-state index contributed by atoms with van der Waals surface area (Å²) in [6.07, 6.45) is 4.62. The lowest BCUT2D eigenvalue weighted by atomic mass is 10.0. The average Bonchev–Trinajstić information content (AvgIpc) is 2.97. The Labute approximate surface area is 125 Å². The molecule has 6 nitrogen and oxygen atoms in total. The van der Waals surface area contributed by atoms with Gasteiger partial charge in [-0.15, -0.1) is 5.10 Å². The lowest BCUT2D eigenvalue weighted by Gasteiger charge is -2.16. The van der Waals surface area contributed by atoms with Crippen LogP contribution in [0.3, 0.4) is 0 Å². The van der Waals surface area contributed by atoms with Crippen molar-refractivity contribution in [2.24, 2.45) is 5.84 Å². The fourth-order valence-electron chi connectivity index (χ4n) is 2.34. The van der Waals surface area contributed by atoms with E-state index in [1.807, 2.05) is 16.8 Å². The quantitative estimate of drug-likeness (QED) is 0.572. The van der Waals surface area contributed by atoms with E-state index in [0.29, 0.717) is 0 Å². The molecule has 1 heterocycles. The average molecular weight is 289 g/mol. The molecule has 0 amide bonds. The predicted molar refractivity (Wildman–Crippen MR) is 81.7 cm³/mol. The Balaban J connectivity index is 1.99. The number of hydrazine groups is 1. The molecule has 0 saturated carbocycles. The summed E-state index contributed by atoms with van der Waals surface area (Å²) in [6, 6.07) is 8.16. The maximum absolute atomic E-state index is 5.70. The first-order valence-corrected chi connectivity index (χ1v) is 7.26. The largest absolute Gasteiger partial charge is 0.497 e. The number of ether oxygens (including phenoxy) is 1. The van der Waals surface area contributed by atoms with Crippen molar-refractivity contribution in [3.63, 3.8) is 0 Å². The van der Waals surface area contributed by atoms with Crippen molar-refractivity contribution in [2.75, 3.05) is 7.11 Å². The molecule has 2 rings (SSSR count). The molecule has 0 aliphatic rings. The van der Waals surface area contributed by atoms with Gasteiger partial charge in [0, 0.05) is 6.54 Å². The highest BCUT2D eigenvalue weighted by Gasteiger charge is 2.15. The first-order chi connectivity index (χ1) is 10.3. The van der Waals surface area contributed by atoms with Crippen LogP contribution in [-0.2, 0) is 13.0 Å². The molecule has 114 valence electrons. The molecule has 0 bridgehead atoms. The van der Waals surface area contributed by atoms with Crippen LogP contribution in [-0.4, -0.2) is 22.1 Å². The van der Waals surface area contributed by atoms with E-state index in [1.165, 1.54) is 5.56 Å². The first-order valence-electron chi connectivity index (χ1n) is 7.26. The van der Waals surface area contributed by atoms with E-state index < -0.39 is 0 Å². The molecule has 3 N–H and O–H groups in total. The van der Waals surface area contributed by atoms with Crippen LogP contribution in [0.1, 0.15) is 37.1 Å². The summed E-state index contributed by atoms with van der Waals surface area (Å²) < 4.78 is 7.08. The van der Waals surface area contributed by atoms with Crippen molar-refractivity contribution in [1.29, 1.82) is 0 Å². The smallest absolute Gasteiger partial charge is 0.118 e. The second-order valence-corrected chi connectivity index (χ2v) is 4.99. The Bertz CT molecular complexity index is 537. The van der Waals surface area contributed by atoms with Gasteiger partial charge in [-0.2, -0.15) is 0 Å². The zero-order valence-corrected chi connectivity index (χ0v) is 12.6. The lowest BCUT2D eigenvalue weighted by Crippen LogP contribution is -2.30. The van der Waals surface area contributed by atoms with Gasteiger partial charge in [0.15, 0.2) is 0 Å². The lowest BCUT2D eigenvalue weighted by molar-refractivity contribution is 0.414. The molecular formula is C15H23N5O. The third kappa shape index (κ3) is 4.03. The Morgan fingerprint density at radius 2 is 2.10 bits per heavy atom. The van der Waals surface area contributed by atoms with Crippen molar-refractivity contribution in [3.8, 4) is 5.75 Å². The predicted octanol–water partition coefficient (Wildman–Crippen LogP) is 1.83. The summed E-state index contributed by atoms with van der Waals surface area (Å²) in [5.74, 6) is 6.57. The number of aryl methyl sites for hydroxylation is 2. The molecule has 1 aromatic carbocycles. The van der Waals surface area contributed by atoms with Gasteiger partial charge in [-0.05, 0) is 37.0 Å². The van der Waals surface area contributed by atoms with Crippen LogP contribution < -0.4 is 16.0 Å². The Morgan fingerprint density at radius 1 is 1.33 bits per heavy atom. The maximum atomic E-state index is 5.70.